The first kappa shape index (κ1) is 38.6. The van der Waals surface area contributed by atoms with Gasteiger partial charge in [-0.15, -0.1) is 11.8 Å². The third-order valence-electron chi connectivity index (χ3n) is 10.2. The van der Waals surface area contributed by atoms with Gasteiger partial charge in [0.1, 0.15) is 0 Å². The quantitative estimate of drug-likeness (QED) is 0.119. The summed E-state index contributed by atoms with van der Waals surface area (Å²) in [7, 11) is 0.0563. The molecule has 1 saturated heterocycles. The van der Waals surface area contributed by atoms with Crippen molar-refractivity contribution in [1.29, 1.82) is 0 Å². The Hall–Kier alpha value is -4.09. The number of aryl methyl sites for hydroxylation is 1. The van der Waals surface area contributed by atoms with Gasteiger partial charge in [0.2, 0.25) is 0 Å². The van der Waals surface area contributed by atoms with Crippen LogP contribution in [0.1, 0.15) is 53.6 Å². The van der Waals surface area contributed by atoms with Gasteiger partial charge < -0.3 is 15.1 Å². The molecule has 0 bridgehead atoms. The number of amides is 1. The Labute approximate surface area is 320 Å². The molecule has 0 spiro atoms. The van der Waals surface area contributed by atoms with Crippen LogP contribution in [0.3, 0.4) is 0 Å². The van der Waals surface area contributed by atoms with Crippen molar-refractivity contribution >= 4 is 44.6 Å². The number of rotatable bonds is 15. The molecule has 6 rings (SSSR count). The van der Waals surface area contributed by atoms with Crippen LogP contribution < -0.4 is 14.9 Å². The first-order valence-corrected chi connectivity index (χ1v) is 21.2. The standard InChI is InChI=1S/C43H53N5O3S2/c1-33-30-40(22-23-42(33)44-37(24-25-46(2)3)32-52-39-15-8-5-9-16-39)53(50,51)45-43(49)35-18-20-38(21-19-35)48-28-26-47(27-29-48)31-36-14-10-11-17-41(36)34-12-6-4-7-13-34/h4-9,12-13,15-16,18-23,30,37,44H,10-11,14,17,24-29,31-32H2,1-3H3,(H,45,49)/t37-/m1/s1. The molecule has 53 heavy (non-hydrogen) atoms. The summed E-state index contributed by atoms with van der Waals surface area (Å²) in [5, 5.41) is 3.64. The molecule has 0 saturated carbocycles. The first-order chi connectivity index (χ1) is 25.6. The van der Waals surface area contributed by atoms with Gasteiger partial charge in [0.15, 0.2) is 0 Å². The van der Waals surface area contributed by atoms with Crippen molar-refractivity contribution < 1.29 is 13.2 Å². The van der Waals surface area contributed by atoms with Crippen LogP contribution in [0.2, 0.25) is 0 Å². The second-order valence-electron chi connectivity index (χ2n) is 14.4. The number of hydrogen-bond acceptors (Lipinski definition) is 8. The number of carbonyl (C=O) groups is 1. The predicted molar refractivity (Wildman–Crippen MR) is 221 cm³/mol. The van der Waals surface area contributed by atoms with Crippen molar-refractivity contribution in [2.24, 2.45) is 0 Å². The number of carbonyl (C=O) groups excluding carboxylic acids is 1. The maximum atomic E-state index is 13.3. The summed E-state index contributed by atoms with van der Waals surface area (Å²) in [4.78, 5) is 21.5. The summed E-state index contributed by atoms with van der Waals surface area (Å²) in [6.07, 6.45) is 5.81. The monoisotopic (exact) mass is 751 g/mol. The zero-order valence-corrected chi connectivity index (χ0v) is 32.9. The molecule has 2 aliphatic rings. The molecule has 280 valence electrons. The van der Waals surface area contributed by atoms with Crippen LogP contribution in [0, 0.1) is 6.92 Å². The second kappa shape index (κ2) is 18.3. The van der Waals surface area contributed by atoms with Crippen LogP contribution in [-0.4, -0.2) is 89.3 Å². The number of sulfonamides is 1. The highest BCUT2D eigenvalue weighted by Crippen LogP contribution is 2.33. The summed E-state index contributed by atoms with van der Waals surface area (Å²) >= 11 is 1.80. The van der Waals surface area contributed by atoms with Crippen LogP contribution in [0.15, 0.2) is 118 Å². The van der Waals surface area contributed by atoms with Gasteiger partial charge in [-0.1, -0.05) is 54.1 Å². The van der Waals surface area contributed by atoms with Crippen molar-refractivity contribution in [3.63, 3.8) is 0 Å². The van der Waals surface area contributed by atoms with E-state index in [0.29, 0.717) is 5.56 Å². The number of nitrogens with one attached hydrogen (secondary N) is 2. The van der Waals surface area contributed by atoms with Gasteiger partial charge in [-0.25, -0.2) is 13.1 Å². The highest BCUT2D eigenvalue weighted by atomic mass is 32.2. The molecule has 1 fully saturated rings. The Balaban J connectivity index is 1.02. The zero-order chi connectivity index (χ0) is 37.2. The smallest absolute Gasteiger partial charge is 0.264 e. The van der Waals surface area contributed by atoms with Gasteiger partial charge in [-0.2, -0.15) is 0 Å². The second-order valence-corrected chi connectivity index (χ2v) is 17.2. The number of piperazine rings is 1. The molecule has 1 atom stereocenters. The molecule has 4 aromatic rings. The van der Waals surface area contributed by atoms with Crippen LogP contribution in [-0.2, 0) is 10.0 Å². The molecule has 0 aromatic heterocycles. The van der Waals surface area contributed by atoms with Gasteiger partial charge >= 0.3 is 0 Å². The average Bonchev–Trinajstić information content (AvgIpc) is 3.17. The van der Waals surface area contributed by atoms with Crippen molar-refractivity contribution in [1.82, 2.24) is 14.5 Å². The van der Waals surface area contributed by atoms with Crippen LogP contribution >= 0.6 is 11.8 Å². The lowest BCUT2D eigenvalue weighted by atomic mass is 9.87. The van der Waals surface area contributed by atoms with Crippen LogP contribution in [0.4, 0.5) is 11.4 Å². The molecule has 1 aliphatic carbocycles. The minimum atomic E-state index is -4.07. The van der Waals surface area contributed by atoms with E-state index in [1.807, 2.05) is 37.3 Å². The van der Waals surface area contributed by atoms with Gasteiger partial charge in [-0.3, -0.25) is 9.69 Å². The van der Waals surface area contributed by atoms with Gasteiger partial charge in [-0.05, 0) is 131 Å². The Kier molecular flexibility index (Phi) is 13.3. The lowest BCUT2D eigenvalue weighted by Gasteiger charge is -2.37. The summed E-state index contributed by atoms with van der Waals surface area (Å²) in [6.45, 7) is 7.60. The number of benzene rings is 4. The lowest BCUT2D eigenvalue weighted by molar-refractivity contribution is 0.0981. The number of nitrogens with zero attached hydrogens (tertiary/aromatic N) is 3. The Morgan fingerprint density at radius 3 is 2.21 bits per heavy atom. The third kappa shape index (κ3) is 10.8. The van der Waals surface area contributed by atoms with Crippen molar-refractivity contribution in [2.45, 2.75) is 54.9 Å². The van der Waals surface area contributed by atoms with E-state index in [-0.39, 0.29) is 10.9 Å². The predicted octanol–water partition coefficient (Wildman–Crippen LogP) is 7.79. The van der Waals surface area contributed by atoms with E-state index in [9.17, 15) is 13.2 Å². The number of allylic oxidation sites excluding steroid dienone is 1. The number of thioether (sulfide) groups is 1. The van der Waals surface area contributed by atoms with Gasteiger partial charge in [0, 0.05) is 66.4 Å². The van der Waals surface area contributed by atoms with Crippen molar-refractivity contribution in [3.05, 3.63) is 125 Å². The number of hydrogen-bond donors (Lipinski definition) is 2. The molecule has 4 aromatic carbocycles. The Morgan fingerprint density at radius 1 is 0.849 bits per heavy atom. The maximum Gasteiger partial charge on any atom is 0.264 e. The molecule has 1 heterocycles. The fraction of sp³-hybridized carbons (Fsp3) is 0.372. The highest BCUT2D eigenvalue weighted by molar-refractivity contribution is 7.99. The van der Waals surface area contributed by atoms with Crippen molar-refractivity contribution in [2.75, 3.05) is 69.3 Å². The van der Waals surface area contributed by atoms with E-state index in [0.717, 1.165) is 74.8 Å². The third-order valence-corrected chi connectivity index (χ3v) is 12.7. The van der Waals surface area contributed by atoms with E-state index in [1.165, 1.54) is 35.3 Å². The molecule has 8 nitrogen and oxygen atoms in total. The zero-order valence-electron chi connectivity index (χ0n) is 31.3. The highest BCUT2D eigenvalue weighted by Gasteiger charge is 2.23. The van der Waals surface area contributed by atoms with Crippen molar-refractivity contribution in [3.8, 4) is 0 Å². The topological polar surface area (TPSA) is 85.0 Å². The minimum Gasteiger partial charge on any atom is -0.381 e. The fourth-order valence-electron chi connectivity index (χ4n) is 7.14. The SMILES string of the molecule is Cc1cc(S(=O)(=O)NC(=O)c2ccc(N3CCN(CC4=C(c5ccccc5)CCCC4)CC3)cc2)ccc1N[C@H](CCN(C)C)CSc1ccccc1. The Morgan fingerprint density at radius 2 is 1.53 bits per heavy atom. The molecule has 2 N–H and O–H groups in total. The molecule has 1 aliphatic heterocycles. The van der Waals surface area contributed by atoms with E-state index >= 15 is 0 Å². The molecule has 1 amide bonds. The molecule has 0 radical (unpaired) electrons. The largest absolute Gasteiger partial charge is 0.381 e. The molecular weight excluding hydrogens is 699 g/mol. The van der Waals surface area contributed by atoms with E-state index in [1.54, 1.807) is 47.7 Å². The lowest BCUT2D eigenvalue weighted by Crippen LogP contribution is -2.47. The molecular formula is C43H53N5O3S2. The molecule has 10 heteroatoms. The summed E-state index contributed by atoms with van der Waals surface area (Å²) < 4.78 is 29.0. The fourth-order valence-corrected chi connectivity index (χ4v) is 9.19. The van der Waals surface area contributed by atoms with Crippen LogP contribution in [0.25, 0.3) is 5.57 Å². The summed E-state index contributed by atoms with van der Waals surface area (Å²) in [5.41, 5.74) is 7.52. The summed E-state index contributed by atoms with van der Waals surface area (Å²) in [6, 6.07) is 33.6. The summed E-state index contributed by atoms with van der Waals surface area (Å²) in [5.74, 6) is 0.231. The van der Waals surface area contributed by atoms with E-state index in [4.69, 9.17) is 0 Å². The Bertz CT molecular complexity index is 1940. The minimum absolute atomic E-state index is 0.0618. The van der Waals surface area contributed by atoms with Gasteiger partial charge in [0.05, 0.1) is 4.90 Å². The van der Waals surface area contributed by atoms with Crippen LogP contribution in [0.5, 0.6) is 0 Å². The number of anilines is 2. The normalized spacial score (nSPS) is 16.1. The van der Waals surface area contributed by atoms with E-state index < -0.39 is 15.9 Å². The maximum absolute atomic E-state index is 13.3. The molecule has 0 unspecified atom stereocenters. The van der Waals surface area contributed by atoms with E-state index in [2.05, 4.69) is 81.3 Å². The first-order valence-electron chi connectivity index (χ1n) is 18.8. The average molecular weight is 752 g/mol. The van der Waals surface area contributed by atoms with Gasteiger partial charge in [0.25, 0.3) is 15.9 Å².